The van der Waals surface area contributed by atoms with Gasteiger partial charge in [-0.1, -0.05) is 24.3 Å². The van der Waals surface area contributed by atoms with Gasteiger partial charge in [0.25, 0.3) is 0 Å². The zero-order valence-electron chi connectivity index (χ0n) is 14.6. The quantitative estimate of drug-likeness (QED) is 0.856. The Labute approximate surface area is 147 Å². The van der Waals surface area contributed by atoms with Crippen LogP contribution in [0.5, 0.6) is 5.75 Å². The number of amides is 1. The van der Waals surface area contributed by atoms with E-state index in [1.807, 2.05) is 23.1 Å². The number of ether oxygens (including phenoxy) is 1. The van der Waals surface area contributed by atoms with Gasteiger partial charge in [-0.2, -0.15) is 0 Å². The molecule has 3 rings (SSSR count). The number of hydrogen-bond acceptors (Lipinski definition) is 3. The number of methoxy groups -OCH3 is 1. The molecule has 2 aromatic carbocycles. The van der Waals surface area contributed by atoms with Gasteiger partial charge in [-0.05, 0) is 42.4 Å². The van der Waals surface area contributed by atoms with Gasteiger partial charge in [-0.3, -0.25) is 9.69 Å². The molecular formula is C20H23FN2O2. The van der Waals surface area contributed by atoms with Crippen molar-refractivity contribution in [2.24, 2.45) is 0 Å². The van der Waals surface area contributed by atoms with Crippen LogP contribution in [0.25, 0.3) is 0 Å². The van der Waals surface area contributed by atoms with Crippen molar-refractivity contribution in [2.75, 3.05) is 33.8 Å². The van der Waals surface area contributed by atoms with Crippen LogP contribution in [-0.2, 0) is 11.2 Å². The number of nitrogens with zero attached hydrogens (tertiary/aromatic N) is 2. The van der Waals surface area contributed by atoms with E-state index < -0.39 is 0 Å². The van der Waals surface area contributed by atoms with E-state index in [0.717, 1.165) is 23.4 Å². The number of likely N-dealkylation sites (N-methyl/N-ethyl adjacent to an activating group) is 1. The molecule has 0 radical (unpaired) electrons. The fourth-order valence-electron chi connectivity index (χ4n) is 3.20. The molecule has 0 N–H and O–H groups in total. The molecule has 0 bridgehead atoms. The summed E-state index contributed by atoms with van der Waals surface area (Å²) in [6.45, 7) is 2.16. The first-order valence-corrected chi connectivity index (χ1v) is 8.43. The van der Waals surface area contributed by atoms with Crippen LogP contribution in [-0.4, -0.2) is 49.5 Å². The summed E-state index contributed by atoms with van der Waals surface area (Å²) in [6, 6.07) is 14.3. The first-order chi connectivity index (χ1) is 12.1. The van der Waals surface area contributed by atoms with Gasteiger partial charge in [0.1, 0.15) is 11.6 Å². The lowest BCUT2D eigenvalue weighted by Crippen LogP contribution is -2.49. The Morgan fingerprint density at radius 2 is 1.96 bits per heavy atom. The Kier molecular flexibility index (Phi) is 5.34. The van der Waals surface area contributed by atoms with Crippen molar-refractivity contribution in [3.8, 4) is 5.75 Å². The Balaban J connectivity index is 1.70. The smallest absolute Gasteiger partial charge is 0.227 e. The summed E-state index contributed by atoms with van der Waals surface area (Å²) in [7, 11) is 3.73. The average Bonchev–Trinajstić information content (AvgIpc) is 2.64. The number of hydrogen-bond donors (Lipinski definition) is 0. The largest absolute Gasteiger partial charge is 0.497 e. The highest BCUT2D eigenvalue weighted by atomic mass is 19.1. The van der Waals surface area contributed by atoms with Gasteiger partial charge in [0, 0.05) is 19.6 Å². The van der Waals surface area contributed by atoms with Gasteiger partial charge in [0.2, 0.25) is 5.91 Å². The third-order valence-electron chi connectivity index (χ3n) is 4.75. The van der Waals surface area contributed by atoms with Gasteiger partial charge in [0.15, 0.2) is 0 Å². The summed E-state index contributed by atoms with van der Waals surface area (Å²) in [4.78, 5) is 16.8. The zero-order valence-corrected chi connectivity index (χ0v) is 14.6. The molecule has 25 heavy (non-hydrogen) atoms. The highest BCUT2D eigenvalue weighted by molar-refractivity contribution is 5.79. The van der Waals surface area contributed by atoms with E-state index in [1.54, 1.807) is 19.2 Å². The normalized spacial score (nSPS) is 18.2. The monoisotopic (exact) mass is 342 g/mol. The van der Waals surface area contributed by atoms with Crippen LogP contribution in [0.4, 0.5) is 4.39 Å². The minimum absolute atomic E-state index is 0.0765. The summed E-state index contributed by atoms with van der Waals surface area (Å²) in [6.07, 6.45) is 0.300. The second kappa shape index (κ2) is 7.66. The minimum atomic E-state index is -0.283. The van der Waals surface area contributed by atoms with Crippen LogP contribution >= 0.6 is 0 Å². The molecule has 1 aliphatic rings. The highest BCUT2D eigenvalue weighted by Gasteiger charge is 2.28. The van der Waals surface area contributed by atoms with Crippen molar-refractivity contribution < 1.29 is 13.9 Å². The number of carbonyl (C=O) groups excluding carboxylic acids is 1. The lowest BCUT2D eigenvalue weighted by atomic mass is 10.0. The Morgan fingerprint density at radius 1 is 1.20 bits per heavy atom. The van der Waals surface area contributed by atoms with E-state index in [2.05, 4.69) is 18.0 Å². The van der Waals surface area contributed by atoms with Crippen molar-refractivity contribution in [3.63, 3.8) is 0 Å². The molecule has 0 saturated carbocycles. The first-order valence-electron chi connectivity index (χ1n) is 8.43. The molecule has 1 heterocycles. The van der Waals surface area contributed by atoms with Crippen molar-refractivity contribution in [1.29, 1.82) is 0 Å². The average molecular weight is 342 g/mol. The highest BCUT2D eigenvalue weighted by Crippen LogP contribution is 2.27. The fourth-order valence-corrected chi connectivity index (χ4v) is 3.20. The van der Waals surface area contributed by atoms with E-state index in [4.69, 9.17) is 4.74 Å². The molecule has 0 spiro atoms. The predicted octanol–water partition coefficient (Wildman–Crippen LogP) is 2.89. The van der Waals surface area contributed by atoms with E-state index in [-0.39, 0.29) is 17.8 Å². The summed E-state index contributed by atoms with van der Waals surface area (Å²) in [5.41, 5.74) is 1.98. The predicted molar refractivity (Wildman–Crippen MR) is 95.0 cm³/mol. The Hall–Kier alpha value is -2.40. The fraction of sp³-hybridized carbons (Fsp3) is 0.350. The third kappa shape index (κ3) is 4.17. The SMILES string of the molecule is COc1cccc(C2CN(C(=O)Cc3ccc(F)cc3)CCN2C)c1. The molecule has 1 aliphatic heterocycles. The number of halogens is 1. The maximum Gasteiger partial charge on any atom is 0.227 e. The van der Waals surface area contributed by atoms with Crippen molar-refractivity contribution in [2.45, 2.75) is 12.5 Å². The Morgan fingerprint density at radius 3 is 2.68 bits per heavy atom. The van der Waals surface area contributed by atoms with Crippen LogP contribution in [0.1, 0.15) is 17.2 Å². The van der Waals surface area contributed by atoms with Gasteiger partial charge in [-0.15, -0.1) is 0 Å². The molecule has 0 aromatic heterocycles. The molecule has 1 atom stereocenters. The zero-order chi connectivity index (χ0) is 17.8. The first kappa shape index (κ1) is 17.4. The third-order valence-corrected chi connectivity index (χ3v) is 4.75. The van der Waals surface area contributed by atoms with Gasteiger partial charge >= 0.3 is 0 Å². The van der Waals surface area contributed by atoms with Gasteiger partial charge in [0.05, 0.1) is 19.6 Å². The molecule has 1 fully saturated rings. The van der Waals surface area contributed by atoms with Crippen LogP contribution in [0.3, 0.4) is 0 Å². The molecule has 132 valence electrons. The second-order valence-corrected chi connectivity index (χ2v) is 6.42. The molecule has 1 unspecified atom stereocenters. The van der Waals surface area contributed by atoms with Crippen LogP contribution in [0.15, 0.2) is 48.5 Å². The Bertz CT molecular complexity index is 733. The van der Waals surface area contributed by atoms with Gasteiger partial charge in [-0.25, -0.2) is 4.39 Å². The molecule has 1 saturated heterocycles. The summed E-state index contributed by atoms with van der Waals surface area (Å²) in [5.74, 6) is 0.613. The standard InChI is InChI=1S/C20H23FN2O2/c1-22-10-11-23(20(24)12-15-6-8-17(21)9-7-15)14-19(22)16-4-3-5-18(13-16)25-2/h3-9,13,19H,10-12,14H2,1-2H3. The van der Waals surface area contributed by atoms with Crippen molar-refractivity contribution in [1.82, 2.24) is 9.80 Å². The number of benzene rings is 2. The number of piperazine rings is 1. The lowest BCUT2D eigenvalue weighted by Gasteiger charge is -2.40. The number of carbonyl (C=O) groups is 1. The molecule has 0 aliphatic carbocycles. The summed E-state index contributed by atoms with van der Waals surface area (Å²) < 4.78 is 18.3. The molecule has 5 heteroatoms. The molecule has 1 amide bonds. The van der Waals surface area contributed by atoms with Crippen LogP contribution in [0, 0.1) is 5.82 Å². The summed E-state index contributed by atoms with van der Waals surface area (Å²) in [5, 5.41) is 0. The number of rotatable bonds is 4. The van der Waals surface area contributed by atoms with E-state index in [1.165, 1.54) is 12.1 Å². The van der Waals surface area contributed by atoms with Crippen LogP contribution < -0.4 is 4.74 Å². The maximum atomic E-state index is 13.0. The lowest BCUT2D eigenvalue weighted by molar-refractivity contribution is -0.133. The molecule has 4 nitrogen and oxygen atoms in total. The van der Waals surface area contributed by atoms with Crippen LogP contribution in [0.2, 0.25) is 0 Å². The van der Waals surface area contributed by atoms with E-state index in [9.17, 15) is 9.18 Å². The van der Waals surface area contributed by atoms with E-state index >= 15 is 0 Å². The summed E-state index contributed by atoms with van der Waals surface area (Å²) >= 11 is 0. The van der Waals surface area contributed by atoms with E-state index in [0.29, 0.717) is 19.5 Å². The maximum absolute atomic E-state index is 13.0. The van der Waals surface area contributed by atoms with Gasteiger partial charge < -0.3 is 9.64 Å². The molecular weight excluding hydrogens is 319 g/mol. The topological polar surface area (TPSA) is 32.8 Å². The minimum Gasteiger partial charge on any atom is -0.497 e. The second-order valence-electron chi connectivity index (χ2n) is 6.42. The van der Waals surface area contributed by atoms with Crippen molar-refractivity contribution in [3.05, 3.63) is 65.5 Å². The van der Waals surface area contributed by atoms with Crippen molar-refractivity contribution >= 4 is 5.91 Å². The molecule has 2 aromatic rings.